The number of nitrogens with zero attached hydrogens (tertiary/aromatic N) is 3. The van der Waals surface area contributed by atoms with Gasteiger partial charge in [-0.3, -0.25) is 4.68 Å². The van der Waals surface area contributed by atoms with Gasteiger partial charge in [-0.05, 0) is 24.1 Å². The number of methoxy groups -OCH3 is 1. The summed E-state index contributed by atoms with van der Waals surface area (Å²) in [5.41, 5.74) is 3.05. The first-order valence-electron chi connectivity index (χ1n) is 5.74. The minimum Gasteiger partial charge on any atom is -0.464 e. The zero-order valence-electron chi connectivity index (χ0n) is 10.7. The second-order valence-electron chi connectivity index (χ2n) is 3.89. The highest BCUT2D eigenvalue weighted by Crippen LogP contribution is 2.22. The Bertz CT molecular complexity index is 575. The lowest BCUT2D eigenvalue weighted by Crippen LogP contribution is -2.07. The van der Waals surface area contributed by atoms with Crippen LogP contribution in [0.5, 0.6) is 0 Å². The van der Waals surface area contributed by atoms with Gasteiger partial charge in [0.2, 0.25) is 0 Å². The first-order valence-corrected chi connectivity index (χ1v) is 5.74. The quantitative estimate of drug-likeness (QED) is 0.774. The minimum atomic E-state index is -0.430. The standard InChI is InChI=1S/C13H15N3O2/c1-4-9-5-6-10(13(17)18-3)15-12(9)11-7-8-14-16(11)2/h5-8H,4H2,1-3H3. The fraction of sp³-hybridized carbons (Fsp3) is 0.308. The van der Waals surface area contributed by atoms with Crippen molar-refractivity contribution in [2.75, 3.05) is 7.11 Å². The number of aryl methyl sites for hydroxylation is 2. The zero-order chi connectivity index (χ0) is 13.1. The van der Waals surface area contributed by atoms with Crippen LogP contribution in [0.2, 0.25) is 0 Å². The molecular formula is C13H15N3O2. The van der Waals surface area contributed by atoms with E-state index in [4.69, 9.17) is 0 Å². The predicted octanol–water partition coefficient (Wildman–Crippen LogP) is 1.83. The molecule has 0 bridgehead atoms. The summed E-state index contributed by atoms with van der Waals surface area (Å²) < 4.78 is 6.43. The highest BCUT2D eigenvalue weighted by molar-refractivity contribution is 5.88. The van der Waals surface area contributed by atoms with Crippen molar-refractivity contribution in [2.24, 2.45) is 7.05 Å². The Balaban J connectivity index is 2.56. The Kier molecular flexibility index (Phi) is 3.41. The molecule has 2 heterocycles. The van der Waals surface area contributed by atoms with E-state index in [1.165, 1.54) is 7.11 Å². The first-order chi connectivity index (χ1) is 8.67. The van der Waals surface area contributed by atoms with Crippen LogP contribution in [0.4, 0.5) is 0 Å². The lowest BCUT2D eigenvalue weighted by atomic mass is 10.1. The van der Waals surface area contributed by atoms with E-state index in [1.807, 2.05) is 19.2 Å². The van der Waals surface area contributed by atoms with Crippen LogP contribution in [-0.2, 0) is 18.2 Å². The van der Waals surface area contributed by atoms with Gasteiger partial charge >= 0.3 is 5.97 Å². The molecule has 2 rings (SSSR count). The van der Waals surface area contributed by atoms with Crippen LogP contribution in [0.15, 0.2) is 24.4 Å². The van der Waals surface area contributed by atoms with Crippen molar-refractivity contribution in [1.29, 1.82) is 0 Å². The molecule has 0 amide bonds. The second kappa shape index (κ2) is 5.00. The molecule has 5 nitrogen and oxygen atoms in total. The largest absolute Gasteiger partial charge is 0.464 e. The molecular weight excluding hydrogens is 230 g/mol. The van der Waals surface area contributed by atoms with Crippen molar-refractivity contribution in [3.05, 3.63) is 35.7 Å². The number of ether oxygens (including phenoxy) is 1. The molecule has 0 aliphatic heterocycles. The molecule has 0 saturated carbocycles. The van der Waals surface area contributed by atoms with Crippen LogP contribution in [0.25, 0.3) is 11.4 Å². The van der Waals surface area contributed by atoms with Crippen molar-refractivity contribution in [3.63, 3.8) is 0 Å². The van der Waals surface area contributed by atoms with Gasteiger partial charge in [0.25, 0.3) is 0 Å². The molecule has 18 heavy (non-hydrogen) atoms. The first kappa shape index (κ1) is 12.3. The van der Waals surface area contributed by atoms with Gasteiger partial charge in [0.1, 0.15) is 5.69 Å². The summed E-state index contributed by atoms with van der Waals surface area (Å²) in [6.45, 7) is 2.05. The molecule has 0 aliphatic rings. The van der Waals surface area contributed by atoms with Crippen LogP contribution < -0.4 is 0 Å². The van der Waals surface area contributed by atoms with Crippen LogP contribution in [0, 0.1) is 0 Å². The highest BCUT2D eigenvalue weighted by Gasteiger charge is 2.14. The minimum absolute atomic E-state index is 0.311. The number of aromatic nitrogens is 3. The van der Waals surface area contributed by atoms with E-state index in [-0.39, 0.29) is 0 Å². The molecule has 0 radical (unpaired) electrons. The van der Waals surface area contributed by atoms with Gasteiger partial charge in [0.15, 0.2) is 0 Å². The van der Waals surface area contributed by atoms with Crippen LogP contribution in [0.1, 0.15) is 23.0 Å². The summed E-state index contributed by atoms with van der Waals surface area (Å²) in [4.78, 5) is 15.9. The monoisotopic (exact) mass is 245 g/mol. The van der Waals surface area contributed by atoms with Crippen molar-refractivity contribution < 1.29 is 9.53 Å². The second-order valence-corrected chi connectivity index (χ2v) is 3.89. The molecule has 0 spiro atoms. The third-order valence-electron chi connectivity index (χ3n) is 2.82. The summed E-state index contributed by atoms with van der Waals surface area (Å²) in [7, 11) is 3.20. The molecule has 0 aromatic carbocycles. The number of carbonyl (C=O) groups is 1. The fourth-order valence-electron chi connectivity index (χ4n) is 1.82. The Labute approximate surface area is 105 Å². The number of hydrogen-bond donors (Lipinski definition) is 0. The van der Waals surface area contributed by atoms with Gasteiger partial charge in [-0.15, -0.1) is 0 Å². The average Bonchev–Trinajstić information content (AvgIpc) is 2.83. The third-order valence-corrected chi connectivity index (χ3v) is 2.82. The SMILES string of the molecule is CCc1ccc(C(=O)OC)nc1-c1ccnn1C. The summed E-state index contributed by atoms with van der Waals surface area (Å²) in [6.07, 6.45) is 2.55. The van der Waals surface area contributed by atoms with Crippen molar-refractivity contribution >= 4 is 5.97 Å². The number of hydrogen-bond acceptors (Lipinski definition) is 4. The van der Waals surface area contributed by atoms with E-state index in [9.17, 15) is 4.79 Å². The van der Waals surface area contributed by atoms with Gasteiger partial charge in [0, 0.05) is 13.2 Å². The van der Waals surface area contributed by atoms with E-state index in [0.717, 1.165) is 23.4 Å². The van der Waals surface area contributed by atoms with E-state index < -0.39 is 5.97 Å². The molecule has 0 aliphatic carbocycles. The van der Waals surface area contributed by atoms with E-state index in [2.05, 4.69) is 21.7 Å². The normalized spacial score (nSPS) is 10.4. The van der Waals surface area contributed by atoms with Gasteiger partial charge in [-0.25, -0.2) is 9.78 Å². The molecule has 0 fully saturated rings. The van der Waals surface area contributed by atoms with E-state index >= 15 is 0 Å². The maximum absolute atomic E-state index is 11.5. The summed E-state index contributed by atoms with van der Waals surface area (Å²) in [6, 6.07) is 5.47. The molecule has 2 aromatic heterocycles. The lowest BCUT2D eigenvalue weighted by Gasteiger charge is -2.09. The molecule has 0 unspecified atom stereocenters. The van der Waals surface area contributed by atoms with E-state index in [0.29, 0.717) is 5.69 Å². The van der Waals surface area contributed by atoms with Gasteiger partial charge < -0.3 is 4.74 Å². The molecule has 0 saturated heterocycles. The Hall–Kier alpha value is -2.17. The average molecular weight is 245 g/mol. The van der Waals surface area contributed by atoms with E-state index in [1.54, 1.807) is 16.9 Å². The topological polar surface area (TPSA) is 57.0 Å². The van der Waals surface area contributed by atoms with Gasteiger partial charge in [-0.2, -0.15) is 5.10 Å². The van der Waals surface area contributed by atoms with Gasteiger partial charge in [0.05, 0.1) is 18.5 Å². The smallest absolute Gasteiger partial charge is 0.356 e. The summed E-state index contributed by atoms with van der Waals surface area (Å²) in [5.74, 6) is -0.430. The predicted molar refractivity (Wildman–Crippen MR) is 67.2 cm³/mol. The lowest BCUT2D eigenvalue weighted by molar-refractivity contribution is 0.0594. The van der Waals surface area contributed by atoms with Crippen molar-refractivity contribution in [2.45, 2.75) is 13.3 Å². The Morgan fingerprint density at radius 3 is 2.72 bits per heavy atom. The van der Waals surface area contributed by atoms with Crippen LogP contribution in [0.3, 0.4) is 0 Å². The highest BCUT2D eigenvalue weighted by atomic mass is 16.5. The molecule has 5 heteroatoms. The maximum Gasteiger partial charge on any atom is 0.356 e. The number of esters is 1. The molecule has 94 valence electrons. The summed E-state index contributed by atoms with van der Waals surface area (Å²) >= 11 is 0. The van der Waals surface area contributed by atoms with Crippen LogP contribution in [-0.4, -0.2) is 27.8 Å². The fourth-order valence-corrected chi connectivity index (χ4v) is 1.82. The molecule has 0 N–H and O–H groups in total. The Morgan fingerprint density at radius 2 is 2.17 bits per heavy atom. The number of carbonyl (C=O) groups excluding carboxylic acids is 1. The molecule has 2 aromatic rings. The van der Waals surface area contributed by atoms with Crippen LogP contribution >= 0.6 is 0 Å². The summed E-state index contributed by atoms with van der Waals surface area (Å²) in [5, 5.41) is 4.12. The molecule has 0 atom stereocenters. The number of pyridine rings is 1. The zero-order valence-corrected chi connectivity index (χ0v) is 10.7. The number of rotatable bonds is 3. The van der Waals surface area contributed by atoms with Gasteiger partial charge in [-0.1, -0.05) is 13.0 Å². The van der Waals surface area contributed by atoms with Crippen molar-refractivity contribution in [1.82, 2.24) is 14.8 Å². The third kappa shape index (κ3) is 2.11. The van der Waals surface area contributed by atoms with Crippen molar-refractivity contribution in [3.8, 4) is 11.4 Å². The Morgan fingerprint density at radius 1 is 1.39 bits per heavy atom. The maximum atomic E-state index is 11.5.